The van der Waals surface area contributed by atoms with E-state index in [-0.39, 0.29) is 42.0 Å². The second-order valence-corrected chi connectivity index (χ2v) is 14.8. The molecule has 1 aliphatic heterocycles. The normalized spacial score (nSPS) is 46.3. The topological polar surface area (TPSA) is 127 Å². The monoisotopic (exact) mass is 556 g/mol. The van der Waals surface area contributed by atoms with Crippen LogP contribution in [0.3, 0.4) is 0 Å². The third-order valence-electron chi connectivity index (χ3n) is 11.5. The smallest absolute Gasteiger partial charge is 0.304 e. The second kappa shape index (κ2) is 8.92. The first kappa shape index (κ1) is 29.3. The average Bonchev–Trinajstić information content (AvgIpc) is 3.15. The molecule has 10 atom stereocenters. The lowest BCUT2D eigenvalue weighted by Gasteiger charge is -2.65. The second-order valence-electron chi connectivity index (χ2n) is 14.8. The van der Waals surface area contributed by atoms with Crippen LogP contribution in [0.4, 0.5) is 0 Å². The van der Waals surface area contributed by atoms with E-state index in [4.69, 9.17) is 9.47 Å². The van der Waals surface area contributed by atoms with Crippen molar-refractivity contribution in [2.24, 2.45) is 45.3 Å². The lowest BCUT2D eigenvalue weighted by atomic mass is 9.38. The van der Waals surface area contributed by atoms with Crippen LogP contribution in [0.2, 0.25) is 0 Å². The minimum atomic E-state index is -1.45. The number of allylic oxidation sites excluding steroid dienone is 4. The van der Waals surface area contributed by atoms with E-state index >= 15 is 0 Å². The Morgan fingerprint density at radius 3 is 2.35 bits per heavy atom. The van der Waals surface area contributed by atoms with Gasteiger partial charge >= 0.3 is 5.97 Å². The number of aliphatic hydroxyl groups excluding tert-OH is 1. The molecule has 0 bridgehead atoms. The van der Waals surface area contributed by atoms with Crippen LogP contribution < -0.4 is 0 Å². The van der Waals surface area contributed by atoms with E-state index in [2.05, 4.69) is 13.0 Å². The lowest BCUT2D eigenvalue weighted by Crippen LogP contribution is -2.66. The van der Waals surface area contributed by atoms with Gasteiger partial charge in [0.15, 0.2) is 11.6 Å². The molecule has 0 amide bonds. The van der Waals surface area contributed by atoms with E-state index in [0.29, 0.717) is 12.8 Å². The van der Waals surface area contributed by atoms with Crippen molar-refractivity contribution in [2.75, 3.05) is 0 Å². The van der Waals surface area contributed by atoms with Crippen LogP contribution in [-0.2, 0) is 28.7 Å². The average molecular weight is 557 g/mol. The van der Waals surface area contributed by atoms with Crippen molar-refractivity contribution in [3.8, 4) is 0 Å². The van der Waals surface area contributed by atoms with Crippen molar-refractivity contribution in [2.45, 2.75) is 105 Å². The number of esters is 1. The van der Waals surface area contributed by atoms with Crippen molar-refractivity contribution in [1.82, 2.24) is 0 Å². The molecule has 0 unspecified atom stereocenters. The van der Waals surface area contributed by atoms with Gasteiger partial charge in [0.1, 0.15) is 11.9 Å². The minimum Gasteiger partial charge on any atom is -0.436 e. The quantitative estimate of drug-likeness (QED) is 0.398. The predicted molar refractivity (Wildman–Crippen MR) is 146 cm³/mol. The number of fused-ring (bicyclic) bond motifs is 5. The van der Waals surface area contributed by atoms with Gasteiger partial charge in [0.25, 0.3) is 0 Å². The standard InChI is InChI=1S/C32H44O8/c1-16(33)39-27-17(13-19(34)26(40-27)29(4,5)38)18-9-10-21-31(18,7)15-20(35)25-30(6)12-11-23(36)28(2,3)22(30)14-24(37)32(21,25)8/h10-12,17-18,20,22,25-27,35,38H,9,13-15H2,1-8H3/t17-,18-,20+,22-,25+,26-,27-,30-,31-,32+/m0/s1. The Labute approximate surface area is 236 Å². The summed E-state index contributed by atoms with van der Waals surface area (Å²) in [6.07, 6.45) is 3.86. The molecule has 5 rings (SSSR count). The van der Waals surface area contributed by atoms with Crippen molar-refractivity contribution in [1.29, 1.82) is 0 Å². The zero-order valence-corrected chi connectivity index (χ0v) is 24.9. The Hall–Kier alpha value is -2.16. The highest BCUT2D eigenvalue weighted by Gasteiger charge is 2.71. The summed E-state index contributed by atoms with van der Waals surface area (Å²) in [6, 6.07) is 0. The van der Waals surface area contributed by atoms with Crippen molar-refractivity contribution in [3.05, 3.63) is 23.8 Å². The number of carbonyl (C=O) groups is 4. The number of ether oxygens (including phenoxy) is 2. The minimum absolute atomic E-state index is 0.00417. The number of Topliss-reactive ketones (excluding diaryl/α,β-unsaturated/α-hetero) is 2. The van der Waals surface area contributed by atoms with Gasteiger partial charge in [-0.2, -0.15) is 0 Å². The van der Waals surface area contributed by atoms with Crippen LogP contribution >= 0.6 is 0 Å². The molecule has 40 heavy (non-hydrogen) atoms. The van der Waals surface area contributed by atoms with Gasteiger partial charge in [-0.3, -0.25) is 19.2 Å². The van der Waals surface area contributed by atoms with Crippen LogP contribution in [0, 0.1) is 45.3 Å². The van der Waals surface area contributed by atoms with Crippen LogP contribution in [0.25, 0.3) is 0 Å². The maximum absolute atomic E-state index is 14.2. The Morgan fingerprint density at radius 1 is 1.10 bits per heavy atom. The molecule has 8 heteroatoms. The van der Waals surface area contributed by atoms with E-state index in [0.717, 1.165) is 5.57 Å². The zero-order chi connectivity index (χ0) is 29.8. The van der Waals surface area contributed by atoms with Gasteiger partial charge in [0.2, 0.25) is 6.29 Å². The highest BCUT2D eigenvalue weighted by Crippen LogP contribution is 2.71. The van der Waals surface area contributed by atoms with E-state index in [9.17, 15) is 29.4 Å². The highest BCUT2D eigenvalue weighted by molar-refractivity contribution is 5.98. The molecule has 3 fully saturated rings. The third-order valence-corrected chi connectivity index (χ3v) is 11.5. The van der Waals surface area contributed by atoms with Gasteiger partial charge < -0.3 is 19.7 Å². The van der Waals surface area contributed by atoms with Gasteiger partial charge in [-0.1, -0.05) is 45.4 Å². The van der Waals surface area contributed by atoms with Crippen LogP contribution in [0.1, 0.15) is 81.1 Å². The lowest BCUT2D eigenvalue weighted by molar-refractivity contribution is -0.249. The van der Waals surface area contributed by atoms with Crippen LogP contribution in [0.15, 0.2) is 23.8 Å². The largest absolute Gasteiger partial charge is 0.436 e. The molecule has 0 aromatic rings. The maximum Gasteiger partial charge on any atom is 0.304 e. The van der Waals surface area contributed by atoms with Gasteiger partial charge in [-0.05, 0) is 62.4 Å². The van der Waals surface area contributed by atoms with Gasteiger partial charge in [-0.15, -0.1) is 0 Å². The van der Waals surface area contributed by atoms with Gasteiger partial charge in [-0.25, -0.2) is 0 Å². The van der Waals surface area contributed by atoms with Crippen LogP contribution in [-0.4, -0.2) is 57.6 Å². The summed E-state index contributed by atoms with van der Waals surface area (Å²) < 4.78 is 11.6. The number of carbonyl (C=O) groups excluding carboxylic acids is 4. The summed E-state index contributed by atoms with van der Waals surface area (Å²) in [5.74, 6) is -2.15. The van der Waals surface area contributed by atoms with Crippen molar-refractivity contribution >= 4 is 23.3 Å². The fraction of sp³-hybridized carbons (Fsp3) is 0.750. The fourth-order valence-electron chi connectivity index (χ4n) is 9.76. The molecule has 8 nitrogen and oxygen atoms in total. The highest BCUT2D eigenvalue weighted by atomic mass is 16.7. The molecule has 0 aromatic heterocycles. The first-order chi connectivity index (χ1) is 18.3. The molecule has 0 radical (unpaired) electrons. The van der Waals surface area contributed by atoms with E-state index in [1.165, 1.54) is 20.8 Å². The molecule has 2 saturated carbocycles. The summed E-state index contributed by atoms with van der Waals surface area (Å²) in [5, 5.41) is 22.5. The molecule has 220 valence electrons. The van der Waals surface area contributed by atoms with Crippen molar-refractivity contribution in [3.63, 3.8) is 0 Å². The summed E-state index contributed by atoms with van der Waals surface area (Å²) in [7, 11) is 0. The first-order valence-electron chi connectivity index (χ1n) is 14.5. The molecule has 1 saturated heterocycles. The number of aliphatic hydroxyl groups is 2. The Morgan fingerprint density at radius 2 is 1.75 bits per heavy atom. The zero-order valence-electron chi connectivity index (χ0n) is 24.9. The SMILES string of the molecule is CC(=O)O[C@H]1O[C@H](C(C)(C)O)C(=O)C[C@H]1[C@@H]1CC=C2[C@]3(C)C(=O)C[C@H]4C(C)(C)C(=O)C=C[C@]4(C)[C@H]3[C@H](O)C[C@]21C. The molecule has 1 heterocycles. The molecule has 4 aliphatic carbocycles. The molecular weight excluding hydrogens is 512 g/mol. The molecule has 5 aliphatic rings. The number of hydrogen-bond acceptors (Lipinski definition) is 8. The first-order valence-corrected chi connectivity index (χ1v) is 14.5. The summed E-state index contributed by atoms with van der Waals surface area (Å²) in [5.41, 5.74) is -3.38. The Balaban J connectivity index is 1.54. The summed E-state index contributed by atoms with van der Waals surface area (Å²) >= 11 is 0. The van der Waals surface area contributed by atoms with E-state index < -0.39 is 63.6 Å². The fourth-order valence-corrected chi connectivity index (χ4v) is 9.76. The summed E-state index contributed by atoms with van der Waals surface area (Å²) in [6.45, 7) is 14.1. The Bertz CT molecular complexity index is 1220. The summed E-state index contributed by atoms with van der Waals surface area (Å²) in [4.78, 5) is 52.3. The molecule has 2 N–H and O–H groups in total. The number of ketones is 3. The Kier molecular flexibility index (Phi) is 6.54. The predicted octanol–water partition coefficient (Wildman–Crippen LogP) is 3.72. The van der Waals surface area contributed by atoms with Gasteiger partial charge in [0, 0.05) is 37.0 Å². The van der Waals surface area contributed by atoms with E-state index in [1.807, 2.05) is 33.8 Å². The van der Waals surface area contributed by atoms with Crippen LogP contribution in [0.5, 0.6) is 0 Å². The molecule has 0 aromatic carbocycles. The van der Waals surface area contributed by atoms with Gasteiger partial charge in [0.05, 0.1) is 17.1 Å². The van der Waals surface area contributed by atoms with Crippen molar-refractivity contribution < 1.29 is 38.9 Å². The third kappa shape index (κ3) is 3.88. The maximum atomic E-state index is 14.2. The van der Waals surface area contributed by atoms with E-state index in [1.54, 1.807) is 6.08 Å². The number of hydrogen-bond donors (Lipinski definition) is 2. The molecular formula is C32H44O8. The molecule has 0 spiro atoms. The number of rotatable bonds is 3.